The van der Waals surface area contributed by atoms with Crippen molar-refractivity contribution in [3.8, 4) is 0 Å². The van der Waals surface area contributed by atoms with E-state index in [1.807, 2.05) is 6.07 Å². The summed E-state index contributed by atoms with van der Waals surface area (Å²) in [7, 11) is 0. The van der Waals surface area contributed by atoms with Crippen LogP contribution in [0.15, 0.2) is 27.4 Å². The number of benzene rings is 1. The lowest BCUT2D eigenvalue weighted by molar-refractivity contribution is -0.706. The van der Waals surface area contributed by atoms with Crippen LogP contribution in [0.1, 0.15) is 48.8 Å². The van der Waals surface area contributed by atoms with Crippen molar-refractivity contribution in [2.75, 3.05) is 0 Å². The molecule has 0 unspecified atom stereocenters. The van der Waals surface area contributed by atoms with Gasteiger partial charge in [0.1, 0.15) is 12.1 Å². The van der Waals surface area contributed by atoms with Crippen LogP contribution >= 0.6 is 0 Å². The minimum Gasteiger partial charge on any atom is -0.423 e. The fourth-order valence-corrected chi connectivity index (χ4v) is 3.32. The van der Waals surface area contributed by atoms with Crippen molar-refractivity contribution in [2.24, 2.45) is 0 Å². The van der Waals surface area contributed by atoms with Gasteiger partial charge in [-0.2, -0.15) is 0 Å². The van der Waals surface area contributed by atoms with Gasteiger partial charge in [0, 0.05) is 17.0 Å². The van der Waals surface area contributed by atoms with Crippen LogP contribution in [0, 0.1) is 13.8 Å². The Bertz CT molecular complexity index is 696. The van der Waals surface area contributed by atoms with E-state index in [2.05, 4.69) is 25.2 Å². The molecule has 0 spiro atoms. The molecule has 3 rings (SSSR count). The summed E-state index contributed by atoms with van der Waals surface area (Å²) in [4.78, 5) is 11.8. The van der Waals surface area contributed by atoms with E-state index in [1.165, 1.54) is 43.2 Å². The van der Waals surface area contributed by atoms with Crippen LogP contribution in [0.25, 0.3) is 11.0 Å². The summed E-state index contributed by atoms with van der Waals surface area (Å²) >= 11 is 0. The molecule has 0 amide bonds. The summed E-state index contributed by atoms with van der Waals surface area (Å²) in [6.45, 7) is 5.03. The van der Waals surface area contributed by atoms with E-state index in [0.29, 0.717) is 6.04 Å². The monoisotopic (exact) mass is 286 g/mol. The van der Waals surface area contributed by atoms with Crippen molar-refractivity contribution in [1.82, 2.24) is 0 Å². The highest BCUT2D eigenvalue weighted by atomic mass is 16.4. The fourth-order valence-electron chi connectivity index (χ4n) is 3.32. The molecule has 1 fully saturated rings. The molecule has 0 bridgehead atoms. The Kier molecular flexibility index (Phi) is 4.11. The minimum atomic E-state index is -0.238. The molecule has 0 aliphatic heterocycles. The van der Waals surface area contributed by atoms with Gasteiger partial charge < -0.3 is 9.73 Å². The van der Waals surface area contributed by atoms with E-state index in [1.54, 1.807) is 6.07 Å². The third-order valence-corrected chi connectivity index (χ3v) is 4.77. The first-order valence-corrected chi connectivity index (χ1v) is 8.01. The van der Waals surface area contributed by atoms with Gasteiger partial charge in [-0.25, -0.2) is 4.79 Å². The number of quaternary nitrogens is 1. The Morgan fingerprint density at radius 3 is 2.57 bits per heavy atom. The second-order valence-electron chi connectivity index (χ2n) is 6.36. The summed E-state index contributed by atoms with van der Waals surface area (Å²) in [5.41, 5.74) is 4.00. The van der Waals surface area contributed by atoms with E-state index < -0.39 is 0 Å². The highest BCUT2D eigenvalue weighted by Gasteiger charge is 2.17. The zero-order chi connectivity index (χ0) is 14.8. The maximum absolute atomic E-state index is 11.8. The molecular formula is C18H24NO2+. The highest BCUT2D eigenvalue weighted by Crippen LogP contribution is 2.21. The molecule has 112 valence electrons. The van der Waals surface area contributed by atoms with Gasteiger partial charge in [0.15, 0.2) is 0 Å². The Labute approximate surface area is 125 Å². The highest BCUT2D eigenvalue weighted by molar-refractivity contribution is 5.81. The van der Waals surface area contributed by atoms with Crippen LogP contribution < -0.4 is 10.9 Å². The number of aryl methyl sites for hydroxylation is 2. The normalized spacial score (nSPS) is 16.5. The van der Waals surface area contributed by atoms with Crippen molar-refractivity contribution < 1.29 is 9.73 Å². The first kappa shape index (κ1) is 14.3. The first-order chi connectivity index (χ1) is 10.1. The minimum absolute atomic E-state index is 0.238. The van der Waals surface area contributed by atoms with Crippen molar-refractivity contribution >= 4 is 11.0 Å². The summed E-state index contributed by atoms with van der Waals surface area (Å²) in [6, 6.07) is 6.51. The molecule has 1 aliphatic rings. The SMILES string of the molecule is Cc1cc2oc(=O)cc(C[NH2+]C3CCCCC3)c2cc1C. The van der Waals surface area contributed by atoms with Gasteiger partial charge in [0.2, 0.25) is 0 Å². The van der Waals surface area contributed by atoms with E-state index in [9.17, 15) is 4.79 Å². The quantitative estimate of drug-likeness (QED) is 0.882. The Balaban J connectivity index is 1.89. The van der Waals surface area contributed by atoms with E-state index in [0.717, 1.165) is 23.1 Å². The smallest absolute Gasteiger partial charge is 0.336 e. The standard InChI is InChI=1S/C18H23NO2/c1-12-8-16-14(11-19-15-6-4-3-5-7-15)10-18(20)21-17(16)9-13(12)2/h8-10,15,19H,3-7,11H2,1-2H3/p+1. The summed E-state index contributed by atoms with van der Waals surface area (Å²) in [5, 5.41) is 3.49. The van der Waals surface area contributed by atoms with Gasteiger partial charge in [-0.1, -0.05) is 6.42 Å². The summed E-state index contributed by atoms with van der Waals surface area (Å²) < 4.78 is 5.36. The average Bonchev–Trinajstić information content (AvgIpc) is 2.48. The number of rotatable bonds is 3. The van der Waals surface area contributed by atoms with Crippen LogP contribution in [0.4, 0.5) is 0 Å². The van der Waals surface area contributed by atoms with Crippen LogP contribution in [0.2, 0.25) is 0 Å². The zero-order valence-corrected chi connectivity index (χ0v) is 12.9. The lowest BCUT2D eigenvalue weighted by Crippen LogP contribution is -2.88. The average molecular weight is 286 g/mol. The van der Waals surface area contributed by atoms with E-state index >= 15 is 0 Å². The second-order valence-corrected chi connectivity index (χ2v) is 6.36. The maximum Gasteiger partial charge on any atom is 0.336 e. The second kappa shape index (κ2) is 6.02. The zero-order valence-electron chi connectivity index (χ0n) is 12.9. The van der Waals surface area contributed by atoms with Crippen LogP contribution in [-0.4, -0.2) is 6.04 Å². The molecule has 2 aromatic rings. The lowest BCUT2D eigenvalue weighted by Gasteiger charge is -2.20. The molecule has 0 atom stereocenters. The van der Waals surface area contributed by atoms with Gasteiger partial charge >= 0.3 is 5.63 Å². The van der Waals surface area contributed by atoms with Gasteiger partial charge in [-0.05, 0) is 62.8 Å². The number of hydrogen-bond donors (Lipinski definition) is 1. The topological polar surface area (TPSA) is 46.8 Å². The molecule has 3 nitrogen and oxygen atoms in total. The van der Waals surface area contributed by atoms with Gasteiger partial charge in [-0.3, -0.25) is 0 Å². The van der Waals surface area contributed by atoms with Crippen LogP contribution in [0.3, 0.4) is 0 Å². The summed E-state index contributed by atoms with van der Waals surface area (Å²) in [5.74, 6) is 0. The maximum atomic E-state index is 11.8. The Morgan fingerprint density at radius 2 is 1.81 bits per heavy atom. The Morgan fingerprint density at radius 1 is 1.10 bits per heavy atom. The Hall–Kier alpha value is -1.61. The predicted molar refractivity (Wildman–Crippen MR) is 84.5 cm³/mol. The van der Waals surface area contributed by atoms with Crippen molar-refractivity contribution in [2.45, 2.75) is 58.5 Å². The molecule has 21 heavy (non-hydrogen) atoms. The third-order valence-electron chi connectivity index (χ3n) is 4.77. The molecule has 1 saturated carbocycles. The third kappa shape index (κ3) is 3.18. The van der Waals surface area contributed by atoms with Crippen molar-refractivity contribution in [1.29, 1.82) is 0 Å². The molecule has 2 N–H and O–H groups in total. The molecule has 1 aliphatic carbocycles. The molecular weight excluding hydrogens is 262 g/mol. The number of nitrogens with two attached hydrogens (primary N) is 1. The van der Waals surface area contributed by atoms with Gasteiger partial charge in [-0.15, -0.1) is 0 Å². The molecule has 1 heterocycles. The van der Waals surface area contributed by atoms with Crippen LogP contribution in [0.5, 0.6) is 0 Å². The van der Waals surface area contributed by atoms with Crippen molar-refractivity contribution in [3.63, 3.8) is 0 Å². The number of fused-ring (bicyclic) bond motifs is 1. The fraction of sp³-hybridized carbons (Fsp3) is 0.500. The number of hydrogen-bond acceptors (Lipinski definition) is 2. The van der Waals surface area contributed by atoms with Crippen LogP contribution in [-0.2, 0) is 6.54 Å². The predicted octanol–water partition coefficient (Wildman–Crippen LogP) is 2.81. The van der Waals surface area contributed by atoms with E-state index in [4.69, 9.17) is 4.42 Å². The lowest BCUT2D eigenvalue weighted by atomic mass is 9.95. The van der Waals surface area contributed by atoms with Crippen molar-refractivity contribution in [3.05, 3.63) is 45.3 Å². The van der Waals surface area contributed by atoms with Gasteiger partial charge in [0.25, 0.3) is 0 Å². The largest absolute Gasteiger partial charge is 0.423 e. The molecule has 0 radical (unpaired) electrons. The van der Waals surface area contributed by atoms with E-state index in [-0.39, 0.29) is 5.63 Å². The van der Waals surface area contributed by atoms with Gasteiger partial charge in [0.05, 0.1) is 6.04 Å². The molecule has 1 aromatic carbocycles. The summed E-state index contributed by atoms with van der Waals surface area (Å²) in [6.07, 6.45) is 6.67. The molecule has 1 aromatic heterocycles. The molecule has 3 heteroatoms. The molecule has 0 saturated heterocycles. The first-order valence-electron chi connectivity index (χ1n) is 8.01.